The fourth-order valence-corrected chi connectivity index (χ4v) is 4.14. The molecule has 1 aromatic carbocycles. The third kappa shape index (κ3) is 4.20. The van der Waals surface area contributed by atoms with Gasteiger partial charge in [-0.25, -0.2) is 9.97 Å². The van der Waals surface area contributed by atoms with Crippen molar-refractivity contribution >= 4 is 5.82 Å². The average molecular weight is 416 g/mol. The number of aliphatic hydroxyl groups is 1. The van der Waals surface area contributed by atoms with E-state index in [0.717, 1.165) is 59.3 Å². The number of H-pyrrole nitrogens is 1. The van der Waals surface area contributed by atoms with Crippen molar-refractivity contribution in [2.75, 3.05) is 5.32 Å². The smallest absolute Gasteiger partial charge is 0.161 e. The molecule has 8 heteroatoms. The molecule has 8 nitrogen and oxygen atoms in total. The standard InChI is InChI=1S/C23H25N7O/c1-30-14-18(12-27-30)15-4-2-5-16(8-15)22-24-13-21(17-10-25-26-11-17)23(29-22)28-19-6-3-7-20(31)9-19/h2,4-5,8,10-14,19-20,31H,3,6-7,9H2,1H3,(H,25,26)(H,24,28,29). The summed E-state index contributed by atoms with van der Waals surface area (Å²) in [5, 5.41) is 24.8. The van der Waals surface area contributed by atoms with Crippen molar-refractivity contribution in [3.8, 4) is 33.6 Å². The molecule has 5 rings (SSSR count). The number of aryl methyl sites for hydroxylation is 1. The highest BCUT2D eigenvalue weighted by molar-refractivity contribution is 5.76. The number of benzene rings is 1. The molecule has 3 N–H and O–H groups in total. The van der Waals surface area contributed by atoms with Crippen LogP contribution in [0.3, 0.4) is 0 Å². The Morgan fingerprint density at radius 2 is 2.00 bits per heavy atom. The van der Waals surface area contributed by atoms with Crippen molar-refractivity contribution in [1.29, 1.82) is 0 Å². The molecule has 0 amide bonds. The van der Waals surface area contributed by atoms with Gasteiger partial charge in [0.05, 0.1) is 18.5 Å². The lowest BCUT2D eigenvalue weighted by Crippen LogP contribution is -2.30. The van der Waals surface area contributed by atoms with Crippen LogP contribution in [-0.4, -0.2) is 47.2 Å². The minimum Gasteiger partial charge on any atom is -0.393 e. The van der Waals surface area contributed by atoms with Crippen molar-refractivity contribution in [3.05, 3.63) is 55.2 Å². The number of anilines is 1. The van der Waals surface area contributed by atoms with Gasteiger partial charge in [0.25, 0.3) is 0 Å². The summed E-state index contributed by atoms with van der Waals surface area (Å²) in [6.45, 7) is 0. The molecule has 0 spiro atoms. The largest absolute Gasteiger partial charge is 0.393 e. The molecule has 1 aliphatic carbocycles. The highest BCUT2D eigenvalue weighted by atomic mass is 16.3. The fourth-order valence-electron chi connectivity index (χ4n) is 4.14. The van der Waals surface area contributed by atoms with Gasteiger partial charge < -0.3 is 10.4 Å². The van der Waals surface area contributed by atoms with Crippen molar-refractivity contribution in [2.24, 2.45) is 7.05 Å². The Balaban J connectivity index is 1.51. The molecule has 158 valence electrons. The molecule has 1 saturated carbocycles. The Morgan fingerprint density at radius 1 is 1.10 bits per heavy atom. The van der Waals surface area contributed by atoms with E-state index in [1.165, 1.54) is 0 Å². The van der Waals surface area contributed by atoms with Gasteiger partial charge in [0.2, 0.25) is 0 Å². The van der Waals surface area contributed by atoms with E-state index >= 15 is 0 Å². The Hall–Kier alpha value is -3.52. The van der Waals surface area contributed by atoms with Crippen molar-refractivity contribution in [2.45, 2.75) is 37.8 Å². The van der Waals surface area contributed by atoms with Gasteiger partial charge in [-0.15, -0.1) is 0 Å². The number of aliphatic hydroxyl groups excluding tert-OH is 1. The van der Waals surface area contributed by atoms with E-state index in [1.807, 2.05) is 44.0 Å². The van der Waals surface area contributed by atoms with Crippen LogP contribution in [-0.2, 0) is 7.05 Å². The first kappa shape index (κ1) is 19.4. The monoisotopic (exact) mass is 415 g/mol. The number of aromatic nitrogens is 6. The predicted octanol–water partition coefficient (Wildman–Crippen LogP) is 3.65. The van der Waals surface area contributed by atoms with E-state index in [-0.39, 0.29) is 12.1 Å². The van der Waals surface area contributed by atoms with Crippen LogP contribution in [0.2, 0.25) is 0 Å². The van der Waals surface area contributed by atoms with Gasteiger partial charge in [-0.05, 0) is 37.3 Å². The first-order valence-corrected chi connectivity index (χ1v) is 10.6. The molecule has 2 unspecified atom stereocenters. The Morgan fingerprint density at radius 3 is 2.77 bits per heavy atom. The zero-order valence-electron chi connectivity index (χ0n) is 17.4. The summed E-state index contributed by atoms with van der Waals surface area (Å²) in [7, 11) is 1.91. The zero-order valence-corrected chi connectivity index (χ0v) is 17.4. The molecule has 4 aromatic rings. The number of nitrogens with zero attached hydrogens (tertiary/aromatic N) is 5. The van der Waals surface area contributed by atoms with E-state index in [0.29, 0.717) is 5.82 Å². The van der Waals surface area contributed by atoms with E-state index in [4.69, 9.17) is 4.98 Å². The van der Waals surface area contributed by atoms with Crippen LogP contribution in [0, 0.1) is 0 Å². The summed E-state index contributed by atoms with van der Waals surface area (Å²) < 4.78 is 1.79. The molecule has 0 radical (unpaired) electrons. The number of nitrogens with one attached hydrogen (secondary N) is 2. The van der Waals surface area contributed by atoms with Crippen LogP contribution in [0.15, 0.2) is 55.2 Å². The Kier molecular flexibility index (Phi) is 5.21. The second-order valence-electron chi connectivity index (χ2n) is 8.09. The van der Waals surface area contributed by atoms with Gasteiger partial charge in [0.1, 0.15) is 5.82 Å². The third-order valence-electron chi connectivity index (χ3n) is 5.74. The molecule has 3 aromatic heterocycles. The minimum atomic E-state index is -0.263. The molecular formula is C23H25N7O. The third-order valence-corrected chi connectivity index (χ3v) is 5.74. The molecule has 31 heavy (non-hydrogen) atoms. The highest BCUT2D eigenvalue weighted by Crippen LogP contribution is 2.31. The summed E-state index contributed by atoms with van der Waals surface area (Å²) in [6, 6.07) is 8.34. The molecule has 0 aliphatic heterocycles. The van der Waals surface area contributed by atoms with Crippen LogP contribution in [0.25, 0.3) is 33.6 Å². The number of hydrogen-bond donors (Lipinski definition) is 3. The van der Waals surface area contributed by atoms with Gasteiger partial charge in [-0.3, -0.25) is 9.78 Å². The number of rotatable bonds is 5. The highest BCUT2D eigenvalue weighted by Gasteiger charge is 2.22. The number of hydrogen-bond acceptors (Lipinski definition) is 6. The summed E-state index contributed by atoms with van der Waals surface area (Å²) in [5.41, 5.74) is 4.87. The molecule has 0 bridgehead atoms. The van der Waals surface area contributed by atoms with Gasteiger partial charge in [-0.2, -0.15) is 10.2 Å². The second-order valence-corrected chi connectivity index (χ2v) is 8.09. The molecule has 3 heterocycles. The van der Waals surface area contributed by atoms with E-state index in [2.05, 4.69) is 37.7 Å². The van der Waals surface area contributed by atoms with Crippen molar-refractivity contribution in [1.82, 2.24) is 29.9 Å². The lowest BCUT2D eigenvalue weighted by atomic mass is 9.93. The van der Waals surface area contributed by atoms with Crippen molar-refractivity contribution in [3.63, 3.8) is 0 Å². The molecule has 0 saturated heterocycles. The van der Waals surface area contributed by atoms with E-state index in [9.17, 15) is 5.11 Å². The zero-order chi connectivity index (χ0) is 21.2. The van der Waals surface area contributed by atoms with Crippen LogP contribution in [0.1, 0.15) is 25.7 Å². The second kappa shape index (κ2) is 8.31. The van der Waals surface area contributed by atoms with Gasteiger partial charge in [-0.1, -0.05) is 18.2 Å². The van der Waals surface area contributed by atoms with Gasteiger partial charge in [0.15, 0.2) is 5.82 Å². The maximum Gasteiger partial charge on any atom is 0.161 e. The maximum absolute atomic E-state index is 10.1. The van der Waals surface area contributed by atoms with Crippen LogP contribution in [0.4, 0.5) is 5.82 Å². The van der Waals surface area contributed by atoms with Crippen LogP contribution < -0.4 is 5.32 Å². The van der Waals surface area contributed by atoms with Gasteiger partial charge in [0, 0.05) is 53.9 Å². The first-order chi connectivity index (χ1) is 15.2. The predicted molar refractivity (Wildman–Crippen MR) is 119 cm³/mol. The summed E-state index contributed by atoms with van der Waals surface area (Å²) in [6.07, 6.45) is 12.6. The SMILES string of the molecule is Cn1cc(-c2cccc(-c3ncc(-c4cn[nH]c4)c(NC4CCCC(O)C4)n3)c2)cn1. The number of aromatic amines is 1. The van der Waals surface area contributed by atoms with E-state index in [1.54, 1.807) is 10.9 Å². The lowest BCUT2D eigenvalue weighted by Gasteiger charge is -2.27. The molecule has 1 fully saturated rings. The maximum atomic E-state index is 10.1. The van der Waals surface area contributed by atoms with Gasteiger partial charge >= 0.3 is 0 Å². The Bertz CT molecular complexity index is 1170. The van der Waals surface area contributed by atoms with Crippen LogP contribution >= 0.6 is 0 Å². The lowest BCUT2D eigenvalue weighted by molar-refractivity contribution is 0.124. The summed E-state index contributed by atoms with van der Waals surface area (Å²) >= 11 is 0. The normalized spacial score (nSPS) is 18.8. The molecule has 1 aliphatic rings. The molecular weight excluding hydrogens is 390 g/mol. The first-order valence-electron chi connectivity index (χ1n) is 10.6. The average Bonchev–Trinajstić information content (AvgIpc) is 3.46. The Labute approximate surface area is 180 Å². The fraction of sp³-hybridized carbons (Fsp3) is 0.304. The van der Waals surface area contributed by atoms with Crippen molar-refractivity contribution < 1.29 is 5.11 Å². The molecule has 2 atom stereocenters. The topological polar surface area (TPSA) is 105 Å². The summed E-state index contributed by atoms with van der Waals surface area (Å²) in [4.78, 5) is 9.54. The summed E-state index contributed by atoms with van der Waals surface area (Å²) in [5.74, 6) is 1.41. The quantitative estimate of drug-likeness (QED) is 0.460. The minimum absolute atomic E-state index is 0.180. The van der Waals surface area contributed by atoms with Crippen LogP contribution in [0.5, 0.6) is 0 Å². The van der Waals surface area contributed by atoms with E-state index < -0.39 is 0 Å².